The van der Waals surface area contributed by atoms with E-state index in [1.807, 2.05) is 36.9 Å². The Bertz CT molecular complexity index is 1150. The third-order valence-electron chi connectivity index (χ3n) is 7.14. The molecule has 0 saturated heterocycles. The van der Waals surface area contributed by atoms with Gasteiger partial charge >= 0.3 is 0 Å². The van der Waals surface area contributed by atoms with Crippen LogP contribution in [0.15, 0.2) is 66.7 Å². The van der Waals surface area contributed by atoms with E-state index in [0.29, 0.717) is 11.6 Å². The molecule has 1 amide bonds. The average Bonchev–Trinajstić information content (AvgIpc) is 3.50. The SMILES string of the molecule is CC(C)Oc1ccc(-c2ccc(N(CC3CCCC3)C(=O)[C@@H]3C[C@H]3c3cccc(F)n3)cc2)cc1. The van der Waals surface area contributed by atoms with Crippen molar-refractivity contribution in [1.82, 2.24) is 4.98 Å². The first kappa shape index (κ1) is 23.5. The number of benzene rings is 2. The van der Waals surface area contributed by atoms with Crippen molar-refractivity contribution in [1.29, 1.82) is 0 Å². The summed E-state index contributed by atoms with van der Waals surface area (Å²) < 4.78 is 19.4. The second kappa shape index (κ2) is 10.2. The highest BCUT2D eigenvalue weighted by atomic mass is 19.1. The Balaban J connectivity index is 1.34. The molecule has 1 heterocycles. The van der Waals surface area contributed by atoms with Gasteiger partial charge in [0.2, 0.25) is 11.9 Å². The molecule has 2 saturated carbocycles. The molecule has 0 spiro atoms. The minimum Gasteiger partial charge on any atom is -0.491 e. The van der Waals surface area contributed by atoms with Gasteiger partial charge in [-0.1, -0.05) is 43.2 Å². The molecule has 2 fully saturated rings. The van der Waals surface area contributed by atoms with E-state index in [4.69, 9.17) is 4.74 Å². The molecular formula is C30H33FN2O2. The van der Waals surface area contributed by atoms with E-state index in [1.54, 1.807) is 6.07 Å². The van der Waals surface area contributed by atoms with Crippen LogP contribution in [0.2, 0.25) is 0 Å². The van der Waals surface area contributed by atoms with E-state index in [0.717, 1.165) is 35.5 Å². The first-order valence-electron chi connectivity index (χ1n) is 12.8. The lowest BCUT2D eigenvalue weighted by Crippen LogP contribution is -2.36. The van der Waals surface area contributed by atoms with Crippen LogP contribution < -0.4 is 9.64 Å². The Morgan fingerprint density at radius 2 is 1.66 bits per heavy atom. The van der Waals surface area contributed by atoms with Gasteiger partial charge in [-0.3, -0.25) is 4.79 Å². The van der Waals surface area contributed by atoms with Gasteiger partial charge in [0.15, 0.2) is 0 Å². The van der Waals surface area contributed by atoms with Crippen LogP contribution in [0.4, 0.5) is 10.1 Å². The molecule has 182 valence electrons. The summed E-state index contributed by atoms with van der Waals surface area (Å²) in [6.45, 7) is 4.78. The maximum absolute atomic E-state index is 13.6. The number of aromatic nitrogens is 1. The highest BCUT2D eigenvalue weighted by Crippen LogP contribution is 2.48. The minimum absolute atomic E-state index is 0.00937. The molecule has 0 radical (unpaired) electrons. The second-order valence-electron chi connectivity index (χ2n) is 10.2. The zero-order valence-corrected chi connectivity index (χ0v) is 20.5. The number of ether oxygens (including phenoxy) is 1. The molecule has 2 aromatic carbocycles. The summed E-state index contributed by atoms with van der Waals surface area (Å²) in [7, 11) is 0. The Kier molecular flexibility index (Phi) is 6.85. The number of hydrogen-bond acceptors (Lipinski definition) is 3. The maximum atomic E-state index is 13.6. The fourth-order valence-electron chi connectivity index (χ4n) is 5.23. The molecular weight excluding hydrogens is 439 g/mol. The Morgan fingerprint density at radius 1 is 1.00 bits per heavy atom. The molecule has 4 nitrogen and oxygen atoms in total. The first-order valence-corrected chi connectivity index (χ1v) is 12.8. The number of carbonyl (C=O) groups excluding carboxylic acids is 1. The van der Waals surface area contributed by atoms with Crippen LogP contribution in [0.1, 0.15) is 57.6 Å². The van der Waals surface area contributed by atoms with Crippen molar-refractivity contribution >= 4 is 11.6 Å². The molecule has 2 aliphatic rings. The van der Waals surface area contributed by atoms with Gasteiger partial charge in [-0.15, -0.1) is 0 Å². The molecule has 2 aliphatic carbocycles. The smallest absolute Gasteiger partial charge is 0.230 e. The molecule has 0 aliphatic heterocycles. The van der Waals surface area contributed by atoms with Gasteiger partial charge in [-0.05, 0) is 86.6 Å². The van der Waals surface area contributed by atoms with Crippen LogP contribution in [0, 0.1) is 17.8 Å². The first-order chi connectivity index (χ1) is 17.0. The van der Waals surface area contributed by atoms with E-state index in [9.17, 15) is 9.18 Å². The monoisotopic (exact) mass is 472 g/mol. The Morgan fingerprint density at radius 3 is 2.29 bits per heavy atom. The van der Waals surface area contributed by atoms with Crippen molar-refractivity contribution in [2.75, 3.05) is 11.4 Å². The molecule has 0 bridgehead atoms. The molecule has 1 aromatic heterocycles. The molecule has 0 N–H and O–H groups in total. The summed E-state index contributed by atoms with van der Waals surface area (Å²) in [4.78, 5) is 19.6. The fraction of sp³-hybridized carbons (Fsp3) is 0.400. The van der Waals surface area contributed by atoms with E-state index in [1.165, 1.54) is 31.7 Å². The van der Waals surface area contributed by atoms with E-state index >= 15 is 0 Å². The molecule has 5 rings (SSSR count). The van der Waals surface area contributed by atoms with Gasteiger partial charge in [-0.2, -0.15) is 4.39 Å². The van der Waals surface area contributed by atoms with Gasteiger partial charge in [0.1, 0.15) is 5.75 Å². The van der Waals surface area contributed by atoms with E-state index in [-0.39, 0.29) is 23.8 Å². The number of anilines is 1. The van der Waals surface area contributed by atoms with Crippen molar-refractivity contribution in [3.05, 3.63) is 78.4 Å². The summed E-state index contributed by atoms with van der Waals surface area (Å²) in [5.74, 6) is 0.935. The van der Waals surface area contributed by atoms with Crippen LogP contribution in [0.25, 0.3) is 11.1 Å². The fourth-order valence-corrected chi connectivity index (χ4v) is 5.23. The van der Waals surface area contributed by atoms with Gasteiger partial charge in [0, 0.05) is 29.8 Å². The summed E-state index contributed by atoms with van der Waals surface area (Å²) in [5.41, 5.74) is 3.83. The number of carbonyl (C=O) groups is 1. The zero-order valence-electron chi connectivity index (χ0n) is 20.5. The van der Waals surface area contributed by atoms with Gasteiger partial charge in [0.05, 0.1) is 6.10 Å². The molecule has 5 heteroatoms. The number of nitrogens with zero attached hydrogens (tertiary/aromatic N) is 2. The van der Waals surface area contributed by atoms with Crippen molar-refractivity contribution in [2.45, 2.75) is 58.0 Å². The number of pyridine rings is 1. The van der Waals surface area contributed by atoms with Gasteiger partial charge in [-0.25, -0.2) is 4.98 Å². The van der Waals surface area contributed by atoms with Crippen LogP contribution in [-0.4, -0.2) is 23.5 Å². The highest BCUT2D eigenvalue weighted by Gasteiger charge is 2.47. The quantitative estimate of drug-likeness (QED) is 0.332. The van der Waals surface area contributed by atoms with Crippen LogP contribution >= 0.6 is 0 Å². The second-order valence-corrected chi connectivity index (χ2v) is 10.2. The zero-order chi connectivity index (χ0) is 24.4. The summed E-state index contributed by atoms with van der Waals surface area (Å²) >= 11 is 0. The topological polar surface area (TPSA) is 42.4 Å². The van der Waals surface area contributed by atoms with Crippen molar-refractivity contribution in [3.63, 3.8) is 0 Å². The maximum Gasteiger partial charge on any atom is 0.230 e. The van der Waals surface area contributed by atoms with Crippen LogP contribution in [-0.2, 0) is 4.79 Å². The Labute approximate surface area is 207 Å². The number of amides is 1. The van der Waals surface area contributed by atoms with Crippen molar-refractivity contribution in [3.8, 4) is 16.9 Å². The number of hydrogen-bond donors (Lipinski definition) is 0. The lowest BCUT2D eigenvalue weighted by atomic mass is 10.0. The molecule has 2 atom stereocenters. The Hall–Kier alpha value is -3.21. The minimum atomic E-state index is -0.484. The van der Waals surface area contributed by atoms with Crippen molar-refractivity contribution < 1.29 is 13.9 Å². The van der Waals surface area contributed by atoms with Gasteiger partial charge < -0.3 is 9.64 Å². The van der Waals surface area contributed by atoms with Crippen LogP contribution in [0.3, 0.4) is 0 Å². The molecule has 35 heavy (non-hydrogen) atoms. The third-order valence-corrected chi connectivity index (χ3v) is 7.14. The molecule has 0 unspecified atom stereocenters. The number of halogens is 1. The highest BCUT2D eigenvalue weighted by molar-refractivity contribution is 5.97. The number of rotatable bonds is 8. The lowest BCUT2D eigenvalue weighted by Gasteiger charge is -2.26. The lowest BCUT2D eigenvalue weighted by molar-refractivity contribution is -0.120. The normalized spacial score (nSPS) is 19.7. The summed E-state index contributed by atoms with van der Waals surface area (Å²) in [6.07, 6.45) is 5.70. The summed E-state index contributed by atoms with van der Waals surface area (Å²) in [6, 6.07) is 21.2. The summed E-state index contributed by atoms with van der Waals surface area (Å²) in [5, 5.41) is 0. The molecule has 3 aromatic rings. The average molecular weight is 473 g/mol. The van der Waals surface area contributed by atoms with E-state index < -0.39 is 5.95 Å². The van der Waals surface area contributed by atoms with E-state index in [2.05, 4.69) is 41.4 Å². The van der Waals surface area contributed by atoms with Crippen LogP contribution in [0.5, 0.6) is 5.75 Å². The predicted molar refractivity (Wildman–Crippen MR) is 137 cm³/mol. The predicted octanol–water partition coefficient (Wildman–Crippen LogP) is 7.00. The van der Waals surface area contributed by atoms with Gasteiger partial charge in [0.25, 0.3) is 0 Å². The standard InChI is InChI=1S/C30H33FN2O2/c1-20(2)35-25-16-12-23(13-17-25)22-10-14-24(15-11-22)33(19-21-6-3-4-7-21)30(34)27-18-26(27)28-8-5-9-29(31)32-28/h5,8-17,20-21,26-27H,3-4,6-7,18-19H2,1-2H3/t26-,27-/m1/s1. The largest absolute Gasteiger partial charge is 0.491 e. The van der Waals surface area contributed by atoms with Crippen molar-refractivity contribution in [2.24, 2.45) is 11.8 Å². The third kappa shape index (κ3) is 5.55.